The molecule has 1 saturated heterocycles. The maximum absolute atomic E-state index is 12.6. The molecule has 0 amide bonds. The second-order valence-corrected chi connectivity index (χ2v) is 8.88. The molecule has 0 aliphatic carbocycles. The van der Waals surface area contributed by atoms with Crippen molar-refractivity contribution in [1.29, 1.82) is 0 Å². The first kappa shape index (κ1) is 17.5. The Morgan fingerprint density at radius 2 is 1.96 bits per heavy atom. The van der Waals surface area contributed by atoms with Gasteiger partial charge in [-0.2, -0.15) is 0 Å². The van der Waals surface area contributed by atoms with Gasteiger partial charge >= 0.3 is 0 Å². The van der Waals surface area contributed by atoms with Gasteiger partial charge < -0.3 is 14.8 Å². The molecule has 0 bridgehead atoms. The van der Waals surface area contributed by atoms with Gasteiger partial charge in [-0.3, -0.25) is 0 Å². The minimum absolute atomic E-state index is 0.0749. The topological polar surface area (TPSA) is 76.7 Å². The van der Waals surface area contributed by atoms with Crippen LogP contribution < -0.4 is 19.5 Å². The van der Waals surface area contributed by atoms with Crippen molar-refractivity contribution >= 4 is 10.0 Å². The summed E-state index contributed by atoms with van der Waals surface area (Å²) in [6.07, 6.45) is 3.01. The van der Waals surface area contributed by atoms with Gasteiger partial charge in [-0.05, 0) is 36.9 Å². The van der Waals surface area contributed by atoms with Gasteiger partial charge in [0, 0.05) is 25.1 Å². The lowest BCUT2D eigenvalue weighted by atomic mass is 9.78. The molecule has 1 fully saturated rings. The van der Waals surface area contributed by atoms with E-state index in [0.29, 0.717) is 31.3 Å². The molecule has 1 aromatic carbocycles. The van der Waals surface area contributed by atoms with Crippen LogP contribution in [0.1, 0.15) is 33.1 Å². The van der Waals surface area contributed by atoms with Crippen molar-refractivity contribution in [2.45, 2.75) is 44.0 Å². The summed E-state index contributed by atoms with van der Waals surface area (Å²) in [6.45, 7) is 6.77. The molecule has 0 radical (unpaired) electrons. The first-order valence-electron chi connectivity index (χ1n) is 8.51. The number of sulfonamides is 1. The van der Waals surface area contributed by atoms with Crippen molar-refractivity contribution in [3.05, 3.63) is 18.2 Å². The van der Waals surface area contributed by atoms with Crippen LogP contribution in [0.15, 0.2) is 23.1 Å². The molecule has 0 spiro atoms. The van der Waals surface area contributed by atoms with Gasteiger partial charge in [0.05, 0.1) is 18.1 Å². The highest BCUT2D eigenvalue weighted by Crippen LogP contribution is 2.32. The maximum atomic E-state index is 12.6. The Hall–Kier alpha value is -1.31. The minimum atomic E-state index is -3.58. The largest absolute Gasteiger partial charge is 0.490 e. The minimum Gasteiger partial charge on any atom is -0.490 e. The second kappa shape index (κ2) is 6.90. The maximum Gasteiger partial charge on any atom is 0.240 e. The first-order chi connectivity index (χ1) is 11.4. The number of ether oxygens (including phenoxy) is 2. The van der Waals surface area contributed by atoms with Crippen molar-refractivity contribution in [2.24, 2.45) is 5.41 Å². The van der Waals surface area contributed by atoms with Gasteiger partial charge in [-0.1, -0.05) is 13.8 Å². The lowest BCUT2D eigenvalue weighted by molar-refractivity contribution is 0.181. The molecular formula is C17H26N2O4S. The Morgan fingerprint density at radius 3 is 2.71 bits per heavy atom. The van der Waals surface area contributed by atoms with Crippen LogP contribution in [0.3, 0.4) is 0 Å². The molecule has 2 aliphatic rings. The summed E-state index contributed by atoms with van der Waals surface area (Å²) in [6, 6.07) is 4.90. The van der Waals surface area contributed by atoms with E-state index >= 15 is 0 Å². The van der Waals surface area contributed by atoms with E-state index in [0.717, 1.165) is 25.8 Å². The third kappa shape index (κ3) is 3.84. The number of hydrogen-bond donors (Lipinski definition) is 2. The Balaban J connectivity index is 1.72. The summed E-state index contributed by atoms with van der Waals surface area (Å²) in [5, 5.41) is 3.42. The molecule has 2 N–H and O–H groups in total. The fraction of sp³-hybridized carbons (Fsp3) is 0.647. The molecule has 1 unspecified atom stereocenters. The van der Waals surface area contributed by atoms with Gasteiger partial charge in [0.1, 0.15) is 0 Å². The standard InChI is InChI=1S/C17H26N2O4S/c1-17(2)7-3-8-18-16(17)12-19-24(20,21)13-5-6-14-15(11-13)23-10-4-9-22-14/h5-6,11,16,18-19H,3-4,7-10,12H2,1-2H3. The van der Waals surface area contributed by atoms with Gasteiger partial charge in [0.2, 0.25) is 10.0 Å². The van der Waals surface area contributed by atoms with E-state index < -0.39 is 10.0 Å². The average molecular weight is 354 g/mol. The number of nitrogens with one attached hydrogen (secondary N) is 2. The summed E-state index contributed by atoms with van der Waals surface area (Å²) in [4.78, 5) is 0.209. The zero-order chi connectivity index (χ0) is 17.2. The van der Waals surface area contributed by atoms with Crippen LogP contribution in [0, 0.1) is 5.41 Å². The third-order valence-electron chi connectivity index (χ3n) is 4.84. The molecule has 2 aliphatic heterocycles. The van der Waals surface area contributed by atoms with E-state index in [1.807, 2.05) is 0 Å². The molecule has 2 heterocycles. The van der Waals surface area contributed by atoms with Crippen LogP contribution in [-0.4, -0.2) is 40.8 Å². The Kier molecular flexibility index (Phi) is 5.03. The van der Waals surface area contributed by atoms with Gasteiger partial charge in [0.25, 0.3) is 0 Å². The Morgan fingerprint density at radius 1 is 1.21 bits per heavy atom. The zero-order valence-electron chi connectivity index (χ0n) is 14.3. The van der Waals surface area contributed by atoms with E-state index in [2.05, 4.69) is 23.9 Å². The summed E-state index contributed by atoms with van der Waals surface area (Å²) < 4.78 is 39.1. The van der Waals surface area contributed by atoms with Gasteiger partial charge in [-0.15, -0.1) is 0 Å². The molecule has 6 nitrogen and oxygen atoms in total. The van der Waals surface area contributed by atoms with E-state index in [1.165, 1.54) is 0 Å². The summed E-state index contributed by atoms with van der Waals surface area (Å²) in [7, 11) is -3.58. The quantitative estimate of drug-likeness (QED) is 0.864. The SMILES string of the molecule is CC1(C)CCCNC1CNS(=O)(=O)c1ccc2c(c1)OCCCO2. The highest BCUT2D eigenvalue weighted by Gasteiger charge is 2.32. The van der Waals surface area contributed by atoms with Crippen molar-refractivity contribution in [3.8, 4) is 11.5 Å². The summed E-state index contributed by atoms with van der Waals surface area (Å²) in [5.74, 6) is 1.09. The second-order valence-electron chi connectivity index (χ2n) is 7.11. The number of rotatable bonds is 4. The molecule has 0 aromatic heterocycles. The molecule has 0 saturated carbocycles. The monoisotopic (exact) mass is 354 g/mol. The van der Waals surface area contributed by atoms with Crippen molar-refractivity contribution in [3.63, 3.8) is 0 Å². The number of hydrogen-bond acceptors (Lipinski definition) is 5. The fourth-order valence-corrected chi connectivity index (χ4v) is 4.27. The van der Waals surface area contributed by atoms with Crippen molar-refractivity contribution in [1.82, 2.24) is 10.0 Å². The fourth-order valence-electron chi connectivity index (χ4n) is 3.21. The predicted molar refractivity (Wildman–Crippen MR) is 92.0 cm³/mol. The molecular weight excluding hydrogens is 328 g/mol. The molecule has 3 rings (SSSR count). The van der Waals surface area contributed by atoms with Gasteiger partial charge in [-0.25, -0.2) is 13.1 Å². The van der Waals surface area contributed by atoms with Crippen LogP contribution >= 0.6 is 0 Å². The van der Waals surface area contributed by atoms with Crippen LogP contribution in [0.25, 0.3) is 0 Å². The number of piperidine rings is 1. The summed E-state index contributed by atoms with van der Waals surface area (Å²) >= 11 is 0. The predicted octanol–water partition coefficient (Wildman–Crippen LogP) is 1.90. The lowest BCUT2D eigenvalue weighted by Gasteiger charge is -2.39. The molecule has 24 heavy (non-hydrogen) atoms. The Labute approximate surface area is 144 Å². The Bertz CT molecular complexity index is 688. The van der Waals surface area contributed by atoms with Gasteiger partial charge in [0.15, 0.2) is 11.5 Å². The normalized spacial score (nSPS) is 23.5. The number of fused-ring (bicyclic) bond motifs is 1. The number of benzene rings is 1. The van der Waals surface area contributed by atoms with Crippen LogP contribution in [0.2, 0.25) is 0 Å². The molecule has 7 heteroatoms. The lowest BCUT2D eigenvalue weighted by Crippen LogP contribution is -2.52. The van der Waals surface area contributed by atoms with E-state index in [4.69, 9.17) is 9.47 Å². The molecule has 1 atom stereocenters. The van der Waals surface area contributed by atoms with E-state index in [-0.39, 0.29) is 16.4 Å². The highest BCUT2D eigenvalue weighted by atomic mass is 32.2. The molecule has 134 valence electrons. The highest BCUT2D eigenvalue weighted by molar-refractivity contribution is 7.89. The summed E-state index contributed by atoms with van der Waals surface area (Å²) in [5.41, 5.74) is 0.0749. The van der Waals surface area contributed by atoms with Crippen molar-refractivity contribution in [2.75, 3.05) is 26.3 Å². The smallest absolute Gasteiger partial charge is 0.240 e. The molecule has 1 aromatic rings. The van der Waals surface area contributed by atoms with Crippen LogP contribution in [0.5, 0.6) is 11.5 Å². The zero-order valence-corrected chi connectivity index (χ0v) is 15.1. The van der Waals surface area contributed by atoms with E-state index in [9.17, 15) is 8.42 Å². The average Bonchev–Trinajstić information content (AvgIpc) is 2.78. The van der Waals surface area contributed by atoms with Crippen molar-refractivity contribution < 1.29 is 17.9 Å². The first-order valence-corrected chi connectivity index (χ1v) is 9.99. The van der Waals surface area contributed by atoms with Crippen LogP contribution in [0.4, 0.5) is 0 Å². The third-order valence-corrected chi connectivity index (χ3v) is 6.26. The van der Waals surface area contributed by atoms with Crippen LogP contribution in [-0.2, 0) is 10.0 Å². The van der Waals surface area contributed by atoms with E-state index in [1.54, 1.807) is 18.2 Å².